The number of aryl methyl sites for hydroxylation is 1. The molecule has 0 radical (unpaired) electrons. The second-order valence-corrected chi connectivity index (χ2v) is 6.59. The van der Waals surface area contributed by atoms with Crippen LogP contribution in [0.5, 0.6) is 0 Å². The van der Waals surface area contributed by atoms with Gasteiger partial charge in [-0.2, -0.15) is 10.4 Å². The Bertz CT molecular complexity index is 1010. The first-order chi connectivity index (χ1) is 11.7. The summed E-state index contributed by atoms with van der Waals surface area (Å²) in [6.07, 6.45) is 1.35. The maximum Gasteiger partial charge on any atom is 0.175 e. The van der Waals surface area contributed by atoms with Gasteiger partial charge in [0, 0.05) is 0 Å². The SMILES string of the molecule is CCO/C=N/c1sc(=S)c2c(C)nn(-c3ccccc3)c2c1C#N. The van der Waals surface area contributed by atoms with Gasteiger partial charge in [0.25, 0.3) is 0 Å². The Balaban J connectivity index is 2.36. The molecule has 0 spiro atoms. The quantitative estimate of drug-likeness (QED) is 0.387. The normalized spacial score (nSPS) is 11.0. The predicted molar refractivity (Wildman–Crippen MR) is 99.0 cm³/mol. The van der Waals surface area contributed by atoms with Crippen LogP contribution in [0.3, 0.4) is 0 Å². The Morgan fingerprint density at radius 1 is 1.42 bits per heavy atom. The first-order valence-corrected chi connectivity index (χ1v) is 8.56. The summed E-state index contributed by atoms with van der Waals surface area (Å²) in [5.41, 5.74) is 2.81. The second-order valence-electron chi connectivity index (χ2n) is 4.93. The van der Waals surface area contributed by atoms with Crippen LogP contribution >= 0.6 is 23.6 Å². The summed E-state index contributed by atoms with van der Waals surface area (Å²) in [7, 11) is 0. The number of nitriles is 1. The molecule has 0 fully saturated rings. The highest BCUT2D eigenvalue weighted by atomic mass is 32.1. The molecule has 3 rings (SSSR count). The van der Waals surface area contributed by atoms with E-state index in [1.54, 1.807) is 4.68 Å². The highest BCUT2D eigenvalue weighted by molar-refractivity contribution is 7.74. The van der Waals surface area contributed by atoms with Crippen molar-refractivity contribution >= 4 is 45.9 Å². The van der Waals surface area contributed by atoms with Gasteiger partial charge in [0.2, 0.25) is 0 Å². The smallest absolute Gasteiger partial charge is 0.175 e. The van der Waals surface area contributed by atoms with E-state index >= 15 is 0 Å². The summed E-state index contributed by atoms with van der Waals surface area (Å²) < 4.78 is 7.57. The molecule has 0 aliphatic heterocycles. The molecule has 0 atom stereocenters. The molecule has 1 aromatic carbocycles. The van der Waals surface area contributed by atoms with Crippen molar-refractivity contribution in [3.8, 4) is 11.8 Å². The van der Waals surface area contributed by atoms with Gasteiger partial charge >= 0.3 is 0 Å². The number of aromatic nitrogens is 2. The fourth-order valence-corrected chi connectivity index (χ4v) is 3.74. The number of ether oxygens (including phenoxy) is 1. The molecular weight excluding hydrogens is 340 g/mol. The van der Waals surface area contributed by atoms with E-state index in [0.717, 1.165) is 16.8 Å². The van der Waals surface area contributed by atoms with E-state index in [4.69, 9.17) is 17.0 Å². The average Bonchev–Trinajstić information content (AvgIpc) is 2.94. The third-order valence-corrected chi connectivity index (χ3v) is 4.77. The number of fused-ring (bicyclic) bond motifs is 1. The van der Waals surface area contributed by atoms with Crippen molar-refractivity contribution in [3.63, 3.8) is 0 Å². The van der Waals surface area contributed by atoms with Crippen LogP contribution in [0.25, 0.3) is 16.6 Å². The third kappa shape index (κ3) is 2.82. The van der Waals surface area contributed by atoms with Crippen molar-refractivity contribution in [2.75, 3.05) is 6.61 Å². The number of para-hydroxylation sites is 1. The molecule has 0 N–H and O–H groups in total. The molecule has 5 nitrogen and oxygen atoms in total. The molecule has 2 heterocycles. The second kappa shape index (κ2) is 6.91. The molecule has 0 saturated heterocycles. The van der Waals surface area contributed by atoms with E-state index in [1.165, 1.54) is 17.7 Å². The minimum Gasteiger partial charge on any atom is -0.483 e. The van der Waals surface area contributed by atoms with Gasteiger partial charge in [-0.3, -0.25) is 0 Å². The number of nitrogens with zero attached hydrogens (tertiary/aromatic N) is 4. The molecule has 0 amide bonds. The Morgan fingerprint density at radius 2 is 2.17 bits per heavy atom. The highest BCUT2D eigenvalue weighted by Crippen LogP contribution is 2.36. The summed E-state index contributed by atoms with van der Waals surface area (Å²) >= 11 is 6.81. The maximum absolute atomic E-state index is 9.71. The standard InChI is InChI=1S/C17H14N4OS2/c1-3-22-10-19-16-13(9-18)15-14(17(23)24-16)11(2)20-21(15)12-7-5-4-6-8-12/h4-8,10H,3H2,1-2H3/b19-10+. The van der Waals surface area contributed by atoms with Crippen LogP contribution in [-0.2, 0) is 4.74 Å². The monoisotopic (exact) mass is 354 g/mol. The van der Waals surface area contributed by atoms with Crippen LogP contribution in [0.4, 0.5) is 5.00 Å². The molecule has 0 unspecified atom stereocenters. The number of aliphatic imine (C=N–C) groups is 1. The molecule has 24 heavy (non-hydrogen) atoms. The first kappa shape index (κ1) is 16.3. The number of benzene rings is 1. The van der Waals surface area contributed by atoms with E-state index in [0.29, 0.717) is 26.5 Å². The van der Waals surface area contributed by atoms with Crippen LogP contribution in [0.1, 0.15) is 18.2 Å². The first-order valence-electron chi connectivity index (χ1n) is 7.33. The molecule has 0 aliphatic carbocycles. The lowest BCUT2D eigenvalue weighted by molar-refractivity contribution is 0.344. The van der Waals surface area contributed by atoms with Gasteiger partial charge in [-0.05, 0) is 26.0 Å². The molecule has 7 heteroatoms. The maximum atomic E-state index is 9.71. The van der Waals surface area contributed by atoms with E-state index in [1.807, 2.05) is 44.2 Å². The Labute approximate surface area is 148 Å². The summed E-state index contributed by atoms with van der Waals surface area (Å²) in [5.74, 6) is 0. The third-order valence-electron chi connectivity index (χ3n) is 3.43. The van der Waals surface area contributed by atoms with Crippen molar-refractivity contribution in [2.45, 2.75) is 13.8 Å². The van der Waals surface area contributed by atoms with Crippen molar-refractivity contribution in [1.82, 2.24) is 9.78 Å². The topological polar surface area (TPSA) is 63.2 Å². The number of hydrogen-bond donors (Lipinski definition) is 0. The van der Waals surface area contributed by atoms with Crippen LogP contribution in [0.2, 0.25) is 0 Å². The van der Waals surface area contributed by atoms with Crippen LogP contribution in [-0.4, -0.2) is 22.8 Å². The van der Waals surface area contributed by atoms with Crippen molar-refractivity contribution < 1.29 is 4.74 Å². The van der Waals surface area contributed by atoms with Crippen molar-refractivity contribution in [2.24, 2.45) is 4.99 Å². The molecule has 0 bridgehead atoms. The summed E-state index contributed by atoms with van der Waals surface area (Å²) in [5, 5.41) is 15.7. The molecule has 2 aromatic heterocycles. The zero-order valence-corrected chi connectivity index (χ0v) is 14.8. The predicted octanol–water partition coefficient (Wildman–Crippen LogP) is 4.69. The van der Waals surface area contributed by atoms with Gasteiger partial charge in [0.15, 0.2) is 6.40 Å². The minimum absolute atomic E-state index is 0.448. The Morgan fingerprint density at radius 3 is 2.83 bits per heavy atom. The summed E-state index contributed by atoms with van der Waals surface area (Å²) in [6, 6.07) is 11.9. The van der Waals surface area contributed by atoms with Gasteiger partial charge in [-0.1, -0.05) is 30.4 Å². The van der Waals surface area contributed by atoms with E-state index in [-0.39, 0.29) is 0 Å². The fourth-order valence-electron chi connectivity index (χ4n) is 2.40. The lowest BCUT2D eigenvalue weighted by Gasteiger charge is -2.05. The van der Waals surface area contributed by atoms with Gasteiger partial charge in [-0.25, -0.2) is 9.67 Å². The summed E-state index contributed by atoms with van der Waals surface area (Å²) in [6.45, 7) is 4.28. The number of hydrogen-bond acceptors (Lipinski definition) is 6. The fraction of sp³-hybridized carbons (Fsp3) is 0.176. The van der Waals surface area contributed by atoms with Crippen molar-refractivity contribution in [3.05, 3.63) is 45.4 Å². The highest BCUT2D eigenvalue weighted by Gasteiger charge is 2.18. The van der Waals surface area contributed by atoms with Crippen molar-refractivity contribution in [1.29, 1.82) is 5.26 Å². The molecule has 0 aliphatic rings. The molecule has 0 saturated carbocycles. The van der Waals surface area contributed by atoms with Gasteiger partial charge in [-0.15, -0.1) is 11.3 Å². The van der Waals surface area contributed by atoms with Gasteiger partial charge in [0.1, 0.15) is 20.5 Å². The van der Waals surface area contributed by atoms with Gasteiger partial charge in [0.05, 0.1) is 28.9 Å². The van der Waals surface area contributed by atoms with Crippen LogP contribution in [0, 0.1) is 22.1 Å². The van der Waals surface area contributed by atoms with Gasteiger partial charge < -0.3 is 4.74 Å². The number of rotatable bonds is 4. The van der Waals surface area contributed by atoms with Crippen LogP contribution in [0.15, 0.2) is 35.3 Å². The molecular formula is C17H14N4OS2. The lowest BCUT2D eigenvalue weighted by atomic mass is 10.2. The van der Waals surface area contributed by atoms with E-state index < -0.39 is 0 Å². The van der Waals surface area contributed by atoms with E-state index in [9.17, 15) is 5.26 Å². The van der Waals surface area contributed by atoms with E-state index in [2.05, 4.69) is 16.2 Å². The lowest BCUT2D eigenvalue weighted by Crippen LogP contribution is -1.97. The molecule has 120 valence electrons. The van der Waals surface area contributed by atoms with Crippen LogP contribution < -0.4 is 0 Å². The molecule has 3 aromatic rings. The summed E-state index contributed by atoms with van der Waals surface area (Å²) in [4.78, 5) is 4.26. The zero-order valence-electron chi connectivity index (χ0n) is 13.2. The zero-order chi connectivity index (χ0) is 17.1. The Hall–Kier alpha value is -2.56. The minimum atomic E-state index is 0.448. The largest absolute Gasteiger partial charge is 0.483 e. The average molecular weight is 354 g/mol. The Kier molecular flexibility index (Phi) is 4.69.